The average Bonchev–Trinajstić information content (AvgIpc) is 3.50. The monoisotopic (exact) mass is 467 g/mol. The number of rotatable bonds is 6. The van der Waals surface area contributed by atoms with Gasteiger partial charge in [0, 0.05) is 18.3 Å². The summed E-state index contributed by atoms with van der Waals surface area (Å²) in [4.78, 5) is 27.3. The molecule has 4 rings (SSSR count). The molecule has 1 aliphatic rings. The number of carbonyl (C=O) groups is 2. The van der Waals surface area contributed by atoms with Crippen molar-refractivity contribution in [3.8, 4) is 11.5 Å². The Hall–Kier alpha value is -3.66. The van der Waals surface area contributed by atoms with Gasteiger partial charge in [0.25, 0.3) is 5.91 Å². The summed E-state index contributed by atoms with van der Waals surface area (Å²) >= 11 is 1.20. The number of nitrogens with zero attached hydrogens (tertiary/aromatic N) is 3. The minimum absolute atomic E-state index is 0.243. The van der Waals surface area contributed by atoms with Crippen LogP contribution >= 0.6 is 11.3 Å². The molecule has 1 atom stereocenters. The highest BCUT2D eigenvalue weighted by Crippen LogP contribution is 2.35. The van der Waals surface area contributed by atoms with E-state index in [4.69, 9.17) is 9.47 Å². The Bertz CT molecular complexity index is 1150. The molecule has 3 aromatic rings. The van der Waals surface area contributed by atoms with Crippen molar-refractivity contribution >= 4 is 34.6 Å². The Labute approximate surface area is 195 Å². The van der Waals surface area contributed by atoms with E-state index in [-0.39, 0.29) is 23.0 Å². The molecule has 9 nitrogen and oxygen atoms in total. The van der Waals surface area contributed by atoms with Gasteiger partial charge in [0.05, 0.1) is 25.9 Å². The number of hydrogen-bond acceptors (Lipinski definition) is 7. The lowest BCUT2D eigenvalue weighted by Crippen LogP contribution is -2.34. The Balaban J connectivity index is 1.45. The molecule has 1 aromatic heterocycles. The van der Waals surface area contributed by atoms with Crippen LogP contribution in [0.25, 0.3) is 0 Å². The fourth-order valence-corrected chi connectivity index (χ4v) is 4.52. The lowest BCUT2D eigenvalue weighted by molar-refractivity contribution is 0.102. The topological polar surface area (TPSA) is 106 Å². The molecule has 2 aromatic carbocycles. The molecular formula is C23H25N5O4S. The molecule has 3 amide bonds. The number of nitrogens with one attached hydrogen (secondary N) is 2. The molecule has 2 heterocycles. The summed E-state index contributed by atoms with van der Waals surface area (Å²) in [5, 5.41) is 14.9. The number of anilines is 2. The van der Waals surface area contributed by atoms with Crippen molar-refractivity contribution in [3.05, 3.63) is 58.0 Å². The number of ether oxygens (including phenoxy) is 2. The number of aryl methyl sites for hydroxylation is 1. The van der Waals surface area contributed by atoms with Crippen LogP contribution in [0.15, 0.2) is 42.5 Å². The molecule has 0 aliphatic carbocycles. The van der Waals surface area contributed by atoms with Crippen LogP contribution in [-0.4, -0.2) is 47.8 Å². The van der Waals surface area contributed by atoms with E-state index in [1.54, 1.807) is 30.2 Å². The van der Waals surface area contributed by atoms with E-state index in [1.807, 2.05) is 31.2 Å². The molecule has 2 N–H and O–H groups in total. The first-order valence-corrected chi connectivity index (χ1v) is 11.3. The van der Waals surface area contributed by atoms with Gasteiger partial charge in [-0.2, -0.15) is 0 Å². The fraction of sp³-hybridized carbons (Fsp3) is 0.304. The van der Waals surface area contributed by atoms with Gasteiger partial charge in [0.1, 0.15) is 16.5 Å². The fourth-order valence-electron chi connectivity index (χ4n) is 3.64. The second-order valence-corrected chi connectivity index (χ2v) is 8.62. The van der Waals surface area contributed by atoms with Crippen molar-refractivity contribution in [2.45, 2.75) is 25.8 Å². The summed E-state index contributed by atoms with van der Waals surface area (Å²) in [6, 6.07) is 12.2. The van der Waals surface area contributed by atoms with Gasteiger partial charge in [-0.25, -0.2) is 4.79 Å². The van der Waals surface area contributed by atoms with Gasteiger partial charge in [0.15, 0.2) is 0 Å². The van der Waals surface area contributed by atoms with E-state index in [1.165, 1.54) is 18.4 Å². The Morgan fingerprint density at radius 3 is 2.58 bits per heavy atom. The largest absolute Gasteiger partial charge is 0.497 e. The number of carbonyl (C=O) groups excluding carboxylic acids is 2. The molecule has 0 spiro atoms. The Kier molecular flexibility index (Phi) is 6.74. The van der Waals surface area contributed by atoms with Crippen molar-refractivity contribution in [2.24, 2.45) is 0 Å². The number of benzene rings is 2. The maximum Gasteiger partial charge on any atom is 0.322 e. The van der Waals surface area contributed by atoms with Gasteiger partial charge in [-0.15, -0.1) is 10.2 Å². The van der Waals surface area contributed by atoms with Crippen molar-refractivity contribution < 1.29 is 19.1 Å². The van der Waals surface area contributed by atoms with Crippen LogP contribution in [0.5, 0.6) is 11.5 Å². The second-order valence-electron chi connectivity index (χ2n) is 7.61. The first-order valence-electron chi connectivity index (χ1n) is 10.5. The van der Waals surface area contributed by atoms with Crippen molar-refractivity contribution in [2.75, 3.05) is 31.4 Å². The number of urea groups is 1. The van der Waals surface area contributed by atoms with E-state index in [0.717, 1.165) is 18.4 Å². The standard InChI is InChI=1S/C23H25N5O4S/c1-14-6-8-15(9-7-14)24-20(29)22-27-26-21(33-22)18-5-4-12-28(18)23(30)25-17-11-10-16(31-2)13-19(17)32-3/h6-11,13,18H,4-5,12H2,1-3H3,(H,24,29)(H,25,30). The quantitative estimate of drug-likeness (QED) is 0.554. The van der Waals surface area contributed by atoms with Gasteiger partial charge in [-0.1, -0.05) is 29.0 Å². The molecule has 0 radical (unpaired) electrons. The summed E-state index contributed by atoms with van der Waals surface area (Å²) < 4.78 is 10.6. The number of likely N-dealkylation sites (tertiary alicyclic amines) is 1. The summed E-state index contributed by atoms with van der Waals surface area (Å²) in [5.74, 6) is 0.818. The smallest absolute Gasteiger partial charge is 0.322 e. The normalized spacial score (nSPS) is 15.2. The van der Waals surface area contributed by atoms with Gasteiger partial charge in [-0.05, 0) is 44.0 Å². The third kappa shape index (κ3) is 5.06. The van der Waals surface area contributed by atoms with Crippen LogP contribution < -0.4 is 20.1 Å². The van der Waals surface area contributed by atoms with Gasteiger partial charge < -0.3 is 25.0 Å². The predicted molar refractivity (Wildman–Crippen MR) is 126 cm³/mol. The molecule has 1 aliphatic heterocycles. The van der Waals surface area contributed by atoms with Crippen LogP contribution in [0.4, 0.5) is 16.2 Å². The molecule has 0 bridgehead atoms. The summed E-state index contributed by atoms with van der Waals surface area (Å²) in [6.45, 7) is 2.57. The Morgan fingerprint density at radius 2 is 1.85 bits per heavy atom. The molecule has 1 saturated heterocycles. The highest BCUT2D eigenvalue weighted by molar-refractivity contribution is 7.13. The van der Waals surface area contributed by atoms with Crippen LogP contribution in [0.2, 0.25) is 0 Å². The highest BCUT2D eigenvalue weighted by atomic mass is 32.1. The van der Waals surface area contributed by atoms with E-state index >= 15 is 0 Å². The Morgan fingerprint density at radius 1 is 1.06 bits per heavy atom. The number of amides is 3. The second kappa shape index (κ2) is 9.86. The van der Waals surface area contributed by atoms with Crippen molar-refractivity contribution in [1.29, 1.82) is 0 Å². The molecule has 172 valence electrons. The zero-order valence-electron chi connectivity index (χ0n) is 18.6. The van der Waals surface area contributed by atoms with Crippen LogP contribution in [0.3, 0.4) is 0 Å². The minimum Gasteiger partial charge on any atom is -0.497 e. The third-order valence-electron chi connectivity index (χ3n) is 5.39. The highest BCUT2D eigenvalue weighted by Gasteiger charge is 2.33. The van der Waals surface area contributed by atoms with E-state index in [0.29, 0.717) is 34.4 Å². The van der Waals surface area contributed by atoms with Crippen molar-refractivity contribution in [3.63, 3.8) is 0 Å². The van der Waals surface area contributed by atoms with Gasteiger partial charge >= 0.3 is 6.03 Å². The van der Waals surface area contributed by atoms with Crippen molar-refractivity contribution in [1.82, 2.24) is 15.1 Å². The lowest BCUT2D eigenvalue weighted by atomic mass is 10.2. The zero-order valence-corrected chi connectivity index (χ0v) is 19.4. The van der Waals surface area contributed by atoms with Crippen LogP contribution in [0, 0.1) is 6.92 Å². The van der Waals surface area contributed by atoms with E-state index in [9.17, 15) is 9.59 Å². The van der Waals surface area contributed by atoms with E-state index < -0.39 is 0 Å². The molecule has 1 fully saturated rings. The van der Waals surface area contributed by atoms with Gasteiger partial charge in [-0.3, -0.25) is 4.79 Å². The zero-order chi connectivity index (χ0) is 23.4. The molecule has 33 heavy (non-hydrogen) atoms. The number of aromatic nitrogens is 2. The van der Waals surface area contributed by atoms with Crippen LogP contribution in [0.1, 0.15) is 39.3 Å². The molecular weight excluding hydrogens is 442 g/mol. The average molecular weight is 468 g/mol. The van der Waals surface area contributed by atoms with E-state index in [2.05, 4.69) is 20.8 Å². The SMILES string of the molecule is COc1ccc(NC(=O)N2CCCC2c2nnc(C(=O)Nc3ccc(C)cc3)s2)c(OC)c1. The predicted octanol–water partition coefficient (Wildman–Crippen LogP) is 4.49. The van der Waals surface area contributed by atoms with Gasteiger partial charge in [0.2, 0.25) is 5.01 Å². The first kappa shape index (κ1) is 22.5. The maximum atomic E-state index is 13.0. The number of methoxy groups -OCH3 is 2. The lowest BCUT2D eigenvalue weighted by Gasteiger charge is -2.23. The third-order valence-corrected chi connectivity index (χ3v) is 6.42. The molecule has 1 unspecified atom stereocenters. The molecule has 0 saturated carbocycles. The number of hydrogen-bond donors (Lipinski definition) is 2. The minimum atomic E-state index is -0.320. The summed E-state index contributed by atoms with van der Waals surface area (Å²) in [7, 11) is 3.10. The summed E-state index contributed by atoms with van der Waals surface area (Å²) in [6.07, 6.45) is 1.59. The molecule has 10 heteroatoms. The maximum absolute atomic E-state index is 13.0. The summed E-state index contributed by atoms with van der Waals surface area (Å²) in [5.41, 5.74) is 2.35. The van der Waals surface area contributed by atoms with Crippen LogP contribution in [-0.2, 0) is 0 Å². The first-order chi connectivity index (χ1) is 16.0.